The first-order valence-corrected chi connectivity index (χ1v) is 7.38. The highest BCUT2D eigenvalue weighted by atomic mass is 16.5. The standard InChI is InChI=1S/C14H26N2O3/c1-16(11-14(18)6-2-3-7-14)13(17)10-19-12-4-8-15-9-5-12/h12,15,18H,2-11H2,1H3. The van der Waals surface area contributed by atoms with Gasteiger partial charge in [-0.2, -0.15) is 0 Å². The number of carbonyl (C=O) groups is 1. The highest BCUT2D eigenvalue weighted by molar-refractivity contribution is 5.77. The zero-order chi connectivity index (χ0) is 13.7. The Morgan fingerprint density at radius 3 is 2.63 bits per heavy atom. The lowest BCUT2D eigenvalue weighted by Crippen LogP contribution is -2.44. The van der Waals surface area contributed by atoms with E-state index in [-0.39, 0.29) is 18.6 Å². The predicted octanol–water partition coefficient (Wildman–Crippen LogP) is 0.518. The van der Waals surface area contributed by atoms with Crippen LogP contribution in [-0.2, 0) is 9.53 Å². The monoisotopic (exact) mass is 270 g/mol. The molecule has 0 unspecified atom stereocenters. The fourth-order valence-corrected chi connectivity index (χ4v) is 2.98. The van der Waals surface area contributed by atoms with Gasteiger partial charge in [0, 0.05) is 13.6 Å². The Morgan fingerprint density at radius 1 is 1.37 bits per heavy atom. The maximum absolute atomic E-state index is 12.0. The van der Waals surface area contributed by atoms with Gasteiger partial charge in [-0.3, -0.25) is 4.79 Å². The van der Waals surface area contributed by atoms with E-state index in [1.807, 2.05) is 0 Å². The molecule has 0 bridgehead atoms. The van der Waals surface area contributed by atoms with Crippen molar-refractivity contribution in [2.45, 2.75) is 50.2 Å². The van der Waals surface area contributed by atoms with Crippen molar-refractivity contribution < 1.29 is 14.6 Å². The SMILES string of the molecule is CN(CC1(O)CCCC1)C(=O)COC1CCNCC1. The Hall–Kier alpha value is -0.650. The van der Waals surface area contributed by atoms with Crippen LogP contribution in [0, 0.1) is 0 Å². The van der Waals surface area contributed by atoms with Gasteiger partial charge >= 0.3 is 0 Å². The van der Waals surface area contributed by atoms with Gasteiger partial charge in [0.2, 0.25) is 5.91 Å². The number of rotatable bonds is 5. The molecule has 2 fully saturated rings. The highest BCUT2D eigenvalue weighted by Crippen LogP contribution is 2.29. The third kappa shape index (κ3) is 4.44. The van der Waals surface area contributed by atoms with E-state index in [2.05, 4.69) is 5.32 Å². The number of nitrogens with one attached hydrogen (secondary N) is 1. The van der Waals surface area contributed by atoms with Crippen LogP contribution in [0.4, 0.5) is 0 Å². The Bertz CT molecular complexity index is 297. The summed E-state index contributed by atoms with van der Waals surface area (Å²) in [6, 6.07) is 0. The largest absolute Gasteiger partial charge is 0.388 e. The second-order valence-corrected chi connectivity index (χ2v) is 5.94. The lowest BCUT2D eigenvalue weighted by atomic mass is 10.0. The van der Waals surface area contributed by atoms with E-state index < -0.39 is 5.60 Å². The Kier molecular flexibility index (Phi) is 5.19. The lowest BCUT2D eigenvalue weighted by molar-refractivity contribution is -0.140. The van der Waals surface area contributed by atoms with Crippen LogP contribution in [-0.4, -0.2) is 60.9 Å². The molecule has 110 valence electrons. The van der Waals surface area contributed by atoms with Crippen molar-refractivity contribution >= 4 is 5.91 Å². The first kappa shape index (κ1) is 14.8. The van der Waals surface area contributed by atoms with Crippen LogP contribution in [0.15, 0.2) is 0 Å². The second-order valence-electron chi connectivity index (χ2n) is 5.94. The first-order valence-electron chi connectivity index (χ1n) is 7.38. The van der Waals surface area contributed by atoms with E-state index in [1.165, 1.54) is 0 Å². The molecule has 2 rings (SSSR count). The van der Waals surface area contributed by atoms with Gasteiger partial charge < -0.3 is 20.1 Å². The van der Waals surface area contributed by atoms with Crippen molar-refractivity contribution in [3.63, 3.8) is 0 Å². The molecule has 1 saturated carbocycles. The molecule has 1 heterocycles. The van der Waals surface area contributed by atoms with Crippen molar-refractivity contribution in [3.8, 4) is 0 Å². The van der Waals surface area contributed by atoms with Crippen molar-refractivity contribution in [1.29, 1.82) is 0 Å². The maximum atomic E-state index is 12.0. The van der Waals surface area contributed by atoms with Gasteiger partial charge in [-0.05, 0) is 38.8 Å². The van der Waals surface area contributed by atoms with Crippen molar-refractivity contribution in [2.24, 2.45) is 0 Å². The van der Waals surface area contributed by atoms with Crippen LogP contribution in [0.25, 0.3) is 0 Å². The molecular weight excluding hydrogens is 244 g/mol. The van der Waals surface area contributed by atoms with Gasteiger partial charge in [0.15, 0.2) is 0 Å². The normalized spacial score (nSPS) is 23.5. The van der Waals surface area contributed by atoms with Gasteiger partial charge in [0.1, 0.15) is 6.61 Å². The summed E-state index contributed by atoms with van der Waals surface area (Å²) in [5, 5.41) is 13.6. The van der Waals surface area contributed by atoms with E-state index >= 15 is 0 Å². The van der Waals surface area contributed by atoms with E-state index in [0.29, 0.717) is 6.54 Å². The molecule has 0 aromatic carbocycles. The third-order valence-electron chi connectivity index (χ3n) is 4.22. The fourth-order valence-electron chi connectivity index (χ4n) is 2.98. The van der Waals surface area contributed by atoms with E-state index in [0.717, 1.165) is 51.6 Å². The molecule has 5 nitrogen and oxygen atoms in total. The molecule has 1 amide bonds. The van der Waals surface area contributed by atoms with Gasteiger partial charge in [-0.15, -0.1) is 0 Å². The van der Waals surface area contributed by atoms with Gasteiger partial charge in [0.25, 0.3) is 0 Å². The zero-order valence-electron chi connectivity index (χ0n) is 11.9. The minimum atomic E-state index is -0.667. The predicted molar refractivity (Wildman–Crippen MR) is 72.9 cm³/mol. The Labute approximate surface area is 115 Å². The number of aliphatic hydroxyl groups is 1. The number of nitrogens with zero attached hydrogens (tertiary/aromatic N) is 1. The molecule has 1 saturated heterocycles. The number of ether oxygens (including phenoxy) is 1. The quantitative estimate of drug-likeness (QED) is 0.764. The fraction of sp³-hybridized carbons (Fsp3) is 0.929. The van der Waals surface area contributed by atoms with Gasteiger partial charge in [0.05, 0.1) is 11.7 Å². The Morgan fingerprint density at radius 2 is 2.00 bits per heavy atom. The van der Waals surface area contributed by atoms with Crippen molar-refractivity contribution in [1.82, 2.24) is 10.2 Å². The minimum Gasteiger partial charge on any atom is -0.388 e. The summed E-state index contributed by atoms with van der Waals surface area (Å²) in [6.07, 6.45) is 5.88. The summed E-state index contributed by atoms with van der Waals surface area (Å²) >= 11 is 0. The topological polar surface area (TPSA) is 61.8 Å². The molecule has 2 aliphatic rings. The maximum Gasteiger partial charge on any atom is 0.248 e. The molecule has 2 N–H and O–H groups in total. The molecule has 1 aliphatic carbocycles. The molecule has 0 radical (unpaired) electrons. The average Bonchev–Trinajstić information content (AvgIpc) is 2.83. The number of amides is 1. The molecule has 0 atom stereocenters. The molecule has 1 aliphatic heterocycles. The summed E-state index contributed by atoms with van der Waals surface area (Å²) in [7, 11) is 1.75. The summed E-state index contributed by atoms with van der Waals surface area (Å²) in [6.45, 7) is 2.50. The molecule has 0 spiro atoms. The summed E-state index contributed by atoms with van der Waals surface area (Å²) in [5.74, 6) is -0.0288. The van der Waals surface area contributed by atoms with Gasteiger partial charge in [-0.1, -0.05) is 12.8 Å². The van der Waals surface area contributed by atoms with E-state index in [9.17, 15) is 9.90 Å². The summed E-state index contributed by atoms with van der Waals surface area (Å²) in [4.78, 5) is 13.6. The summed E-state index contributed by atoms with van der Waals surface area (Å²) in [5.41, 5.74) is -0.667. The minimum absolute atomic E-state index is 0.0288. The van der Waals surface area contributed by atoms with Crippen LogP contribution in [0.3, 0.4) is 0 Å². The molecule has 19 heavy (non-hydrogen) atoms. The number of likely N-dealkylation sites (N-methyl/N-ethyl adjacent to an activating group) is 1. The van der Waals surface area contributed by atoms with Crippen LogP contribution in [0.5, 0.6) is 0 Å². The lowest BCUT2D eigenvalue weighted by Gasteiger charge is -2.29. The van der Waals surface area contributed by atoms with Crippen molar-refractivity contribution in [3.05, 3.63) is 0 Å². The zero-order valence-corrected chi connectivity index (χ0v) is 11.9. The van der Waals surface area contributed by atoms with Crippen LogP contribution in [0.2, 0.25) is 0 Å². The number of hydrogen-bond acceptors (Lipinski definition) is 4. The van der Waals surface area contributed by atoms with Gasteiger partial charge in [-0.25, -0.2) is 0 Å². The average molecular weight is 270 g/mol. The number of piperidine rings is 1. The Balaban J connectivity index is 1.69. The molecule has 0 aromatic rings. The van der Waals surface area contributed by atoms with E-state index in [4.69, 9.17) is 4.74 Å². The van der Waals surface area contributed by atoms with Crippen LogP contribution < -0.4 is 5.32 Å². The number of hydrogen-bond donors (Lipinski definition) is 2. The summed E-state index contributed by atoms with van der Waals surface area (Å²) < 4.78 is 5.65. The molecular formula is C14H26N2O3. The first-order chi connectivity index (χ1) is 9.09. The molecule has 0 aromatic heterocycles. The van der Waals surface area contributed by atoms with Crippen LogP contribution >= 0.6 is 0 Å². The van der Waals surface area contributed by atoms with Crippen molar-refractivity contribution in [2.75, 3.05) is 33.3 Å². The smallest absolute Gasteiger partial charge is 0.248 e. The molecule has 5 heteroatoms. The number of carbonyl (C=O) groups excluding carboxylic acids is 1. The van der Waals surface area contributed by atoms with Crippen LogP contribution in [0.1, 0.15) is 38.5 Å². The highest BCUT2D eigenvalue weighted by Gasteiger charge is 2.33. The van der Waals surface area contributed by atoms with E-state index in [1.54, 1.807) is 11.9 Å². The third-order valence-corrected chi connectivity index (χ3v) is 4.22. The second kappa shape index (κ2) is 6.68.